The number of aryl methyl sites for hydroxylation is 4. The maximum Gasteiger partial charge on any atom is 0.335 e. The molecule has 8 heteroatoms. The lowest BCUT2D eigenvalue weighted by atomic mass is 10.0. The average Bonchev–Trinajstić information content (AvgIpc) is 2.82. The van der Waals surface area contributed by atoms with Gasteiger partial charge in [-0.25, -0.2) is 9.69 Å². The highest BCUT2D eigenvalue weighted by atomic mass is 35.5. The van der Waals surface area contributed by atoms with Crippen LogP contribution in [0.2, 0.25) is 5.02 Å². The molecule has 0 aromatic heterocycles. The van der Waals surface area contributed by atoms with Crippen molar-refractivity contribution in [2.75, 3.05) is 11.5 Å². The summed E-state index contributed by atoms with van der Waals surface area (Å²) in [6.07, 6.45) is 1.39. The summed E-state index contributed by atoms with van der Waals surface area (Å²) in [5, 5.41) is 2.52. The number of rotatable bonds is 7. The maximum atomic E-state index is 13.4. The third-order valence-electron chi connectivity index (χ3n) is 6.00. The van der Waals surface area contributed by atoms with Crippen molar-refractivity contribution in [2.24, 2.45) is 0 Å². The van der Waals surface area contributed by atoms with E-state index in [2.05, 4.69) is 11.4 Å². The van der Waals surface area contributed by atoms with Gasteiger partial charge in [-0.1, -0.05) is 58.6 Å². The Morgan fingerprint density at radius 2 is 1.61 bits per heavy atom. The molecule has 0 spiro atoms. The van der Waals surface area contributed by atoms with E-state index in [1.54, 1.807) is 31.2 Å². The fraction of sp³-hybridized carbons (Fsp3) is 0.233. The first kappa shape index (κ1) is 26.9. The van der Waals surface area contributed by atoms with Crippen LogP contribution in [0.5, 0.6) is 11.5 Å². The van der Waals surface area contributed by atoms with E-state index in [1.807, 2.05) is 45.9 Å². The highest BCUT2D eigenvalue weighted by molar-refractivity contribution is 6.39. The van der Waals surface area contributed by atoms with E-state index in [4.69, 9.17) is 21.1 Å². The van der Waals surface area contributed by atoms with Gasteiger partial charge in [0.15, 0.2) is 11.5 Å². The molecule has 7 nitrogen and oxygen atoms in total. The number of anilines is 1. The molecule has 0 unspecified atom stereocenters. The lowest BCUT2D eigenvalue weighted by Gasteiger charge is -2.27. The van der Waals surface area contributed by atoms with Crippen LogP contribution in [0.1, 0.15) is 40.3 Å². The summed E-state index contributed by atoms with van der Waals surface area (Å²) in [7, 11) is 0. The molecule has 0 saturated carbocycles. The van der Waals surface area contributed by atoms with Crippen molar-refractivity contribution in [2.45, 2.75) is 41.2 Å². The molecule has 1 fully saturated rings. The van der Waals surface area contributed by atoms with E-state index in [0.29, 0.717) is 29.4 Å². The Kier molecular flexibility index (Phi) is 7.88. The number of halogens is 1. The van der Waals surface area contributed by atoms with Gasteiger partial charge in [0, 0.05) is 0 Å². The van der Waals surface area contributed by atoms with Crippen molar-refractivity contribution in [1.29, 1.82) is 0 Å². The third-order valence-corrected chi connectivity index (χ3v) is 6.28. The van der Waals surface area contributed by atoms with E-state index >= 15 is 0 Å². The van der Waals surface area contributed by atoms with Gasteiger partial charge >= 0.3 is 6.03 Å². The topological polar surface area (TPSA) is 84.9 Å². The van der Waals surface area contributed by atoms with E-state index in [0.717, 1.165) is 32.7 Å². The molecule has 0 aliphatic carbocycles. The van der Waals surface area contributed by atoms with Crippen molar-refractivity contribution < 1.29 is 23.9 Å². The number of barbiturate groups is 1. The molecule has 3 aromatic carbocycles. The Balaban J connectivity index is 1.67. The third kappa shape index (κ3) is 5.73. The van der Waals surface area contributed by atoms with Crippen LogP contribution in [-0.4, -0.2) is 24.5 Å². The monoisotopic (exact) mass is 532 g/mol. The summed E-state index contributed by atoms with van der Waals surface area (Å²) >= 11 is 6.59. The smallest absolute Gasteiger partial charge is 0.335 e. The van der Waals surface area contributed by atoms with Gasteiger partial charge in [0.25, 0.3) is 11.8 Å². The quantitative estimate of drug-likeness (QED) is 0.288. The summed E-state index contributed by atoms with van der Waals surface area (Å²) in [4.78, 5) is 39.6. The number of hydrogen-bond acceptors (Lipinski definition) is 5. The Hall–Kier alpha value is -4.10. The Labute approximate surface area is 227 Å². The van der Waals surface area contributed by atoms with Gasteiger partial charge in [0.1, 0.15) is 12.2 Å². The van der Waals surface area contributed by atoms with E-state index in [1.165, 1.54) is 6.08 Å². The van der Waals surface area contributed by atoms with Crippen molar-refractivity contribution in [3.63, 3.8) is 0 Å². The summed E-state index contributed by atoms with van der Waals surface area (Å²) in [6.45, 7) is 10.2. The number of amides is 4. The van der Waals surface area contributed by atoms with Gasteiger partial charge in [0.05, 0.1) is 17.3 Å². The predicted molar refractivity (Wildman–Crippen MR) is 148 cm³/mol. The standard InChI is InChI=1S/C30H29ClN2O5/c1-6-37-26-15-21(14-24(31)27(26)38-16-22-11-18(3)9-19(4)12-22)13-23-28(34)32-30(36)33(29(23)35)25-8-7-17(2)10-20(25)5/h7-15H,6,16H2,1-5H3,(H,32,34,36)/b23-13+. The second-order valence-electron chi connectivity index (χ2n) is 9.30. The van der Waals surface area contributed by atoms with Crippen LogP contribution < -0.4 is 19.7 Å². The van der Waals surface area contributed by atoms with Crippen LogP contribution in [0.15, 0.2) is 54.1 Å². The Bertz CT molecular complexity index is 1460. The number of ether oxygens (including phenoxy) is 2. The normalized spacial score (nSPS) is 14.6. The first-order valence-corrected chi connectivity index (χ1v) is 12.6. The molecule has 1 heterocycles. The summed E-state index contributed by atoms with van der Waals surface area (Å²) in [5.41, 5.74) is 5.62. The minimum atomic E-state index is -0.799. The van der Waals surface area contributed by atoms with Crippen LogP contribution in [0.3, 0.4) is 0 Å². The minimum absolute atomic E-state index is 0.202. The molecule has 1 aliphatic heterocycles. The molecular formula is C30H29ClN2O5. The number of nitrogens with zero attached hydrogens (tertiary/aromatic N) is 1. The number of benzene rings is 3. The number of hydrogen-bond donors (Lipinski definition) is 1. The summed E-state index contributed by atoms with van der Waals surface area (Å²) in [6, 6.07) is 13.9. The molecular weight excluding hydrogens is 504 g/mol. The zero-order valence-electron chi connectivity index (χ0n) is 22.0. The van der Waals surface area contributed by atoms with Gasteiger partial charge in [-0.15, -0.1) is 0 Å². The molecule has 38 heavy (non-hydrogen) atoms. The second-order valence-corrected chi connectivity index (χ2v) is 9.70. The molecule has 0 atom stereocenters. The summed E-state index contributed by atoms with van der Waals surface area (Å²) < 4.78 is 11.8. The van der Waals surface area contributed by atoms with Gasteiger partial charge < -0.3 is 9.47 Å². The average molecular weight is 533 g/mol. The van der Waals surface area contributed by atoms with E-state index < -0.39 is 17.8 Å². The zero-order valence-corrected chi connectivity index (χ0v) is 22.7. The van der Waals surface area contributed by atoms with Gasteiger partial charge in [-0.3, -0.25) is 14.9 Å². The highest BCUT2D eigenvalue weighted by Crippen LogP contribution is 2.38. The van der Waals surface area contributed by atoms with Crippen molar-refractivity contribution in [3.8, 4) is 11.5 Å². The van der Waals surface area contributed by atoms with Crippen molar-refractivity contribution in [3.05, 3.63) is 92.5 Å². The van der Waals surface area contributed by atoms with Crippen LogP contribution in [0, 0.1) is 27.7 Å². The maximum absolute atomic E-state index is 13.4. The van der Waals surface area contributed by atoms with E-state index in [-0.39, 0.29) is 17.2 Å². The molecule has 1 N–H and O–H groups in total. The molecule has 4 amide bonds. The fourth-order valence-corrected chi connectivity index (χ4v) is 4.75. The van der Waals surface area contributed by atoms with Crippen LogP contribution >= 0.6 is 11.6 Å². The lowest BCUT2D eigenvalue weighted by Crippen LogP contribution is -2.54. The molecule has 1 aliphatic rings. The Morgan fingerprint density at radius 1 is 0.895 bits per heavy atom. The molecule has 4 rings (SSSR count). The number of carbonyl (C=O) groups is 3. The SMILES string of the molecule is CCOc1cc(/C=C2\C(=O)NC(=O)N(c3ccc(C)cc3C)C2=O)cc(Cl)c1OCc1cc(C)cc(C)c1. The molecule has 1 saturated heterocycles. The van der Waals surface area contributed by atoms with Crippen LogP contribution in [0.25, 0.3) is 6.08 Å². The van der Waals surface area contributed by atoms with Gasteiger partial charge in [-0.2, -0.15) is 0 Å². The van der Waals surface area contributed by atoms with Crippen molar-refractivity contribution >= 4 is 41.2 Å². The van der Waals surface area contributed by atoms with E-state index in [9.17, 15) is 14.4 Å². The number of carbonyl (C=O) groups excluding carboxylic acids is 3. The first-order chi connectivity index (χ1) is 18.1. The van der Waals surface area contributed by atoms with Crippen LogP contribution in [0.4, 0.5) is 10.5 Å². The Morgan fingerprint density at radius 3 is 2.26 bits per heavy atom. The van der Waals surface area contributed by atoms with Gasteiger partial charge in [-0.05, 0) is 75.6 Å². The first-order valence-electron chi connectivity index (χ1n) is 12.2. The highest BCUT2D eigenvalue weighted by Gasteiger charge is 2.37. The van der Waals surface area contributed by atoms with Gasteiger partial charge in [0.2, 0.25) is 0 Å². The zero-order chi connectivity index (χ0) is 27.6. The number of urea groups is 1. The molecule has 0 bridgehead atoms. The van der Waals surface area contributed by atoms with Crippen LogP contribution in [-0.2, 0) is 16.2 Å². The largest absolute Gasteiger partial charge is 0.490 e. The second kappa shape index (κ2) is 11.1. The molecule has 196 valence electrons. The predicted octanol–water partition coefficient (Wildman–Crippen LogP) is 6.22. The fourth-order valence-electron chi connectivity index (χ4n) is 4.48. The minimum Gasteiger partial charge on any atom is -0.490 e. The molecule has 3 aromatic rings. The number of nitrogens with one attached hydrogen (secondary N) is 1. The number of imide groups is 2. The summed E-state index contributed by atoms with van der Waals surface area (Å²) in [5.74, 6) is -0.774. The molecule has 0 radical (unpaired) electrons. The lowest BCUT2D eigenvalue weighted by molar-refractivity contribution is -0.122. The van der Waals surface area contributed by atoms with Crippen molar-refractivity contribution in [1.82, 2.24) is 5.32 Å².